The lowest BCUT2D eigenvalue weighted by atomic mass is 10.0. The molecule has 3 amide bonds. The highest BCUT2D eigenvalue weighted by atomic mass is 16.2. The lowest BCUT2D eigenvalue weighted by Gasteiger charge is -2.19. The molecule has 162 valence electrons. The molecule has 0 aliphatic carbocycles. The molecule has 0 spiro atoms. The summed E-state index contributed by atoms with van der Waals surface area (Å²) < 4.78 is 0. The number of hydrogen-bond acceptors (Lipinski definition) is 3. The van der Waals surface area contributed by atoms with E-state index in [-0.39, 0.29) is 30.2 Å². The van der Waals surface area contributed by atoms with Gasteiger partial charge in [-0.2, -0.15) is 0 Å². The Morgan fingerprint density at radius 2 is 1.62 bits per heavy atom. The molecular weight excluding hydrogens is 402 g/mol. The average molecular weight is 428 g/mol. The lowest BCUT2D eigenvalue weighted by Crippen LogP contribution is -2.34. The van der Waals surface area contributed by atoms with E-state index >= 15 is 0 Å². The van der Waals surface area contributed by atoms with Crippen LogP contribution < -0.4 is 15.5 Å². The van der Waals surface area contributed by atoms with Crippen molar-refractivity contribution in [1.82, 2.24) is 5.32 Å². The predicted octanol–water partition coefficient (Wildman–Crippen LogP) is 4.17. The molecule has 1 saturated heterocycles. The van der Waals surface area contributed by atoms with Crippen LogP contribution in [-0.2, 0) is 9.59 Å². The van der Waals surface area contributed by atoms with Gasteiger partial charge in [0.05, 0.1) is 12.0 Å². The summed E-state index contributed by atoms with van der Waals surface area (Å²) in [6, 6.07) is 25.5. The number of para-hydroxylation sites is 1. The van der Waals surface area contributed by atoms with E-state index < -0.39 is 5.92 Å². The van der Waals surface area contributed by atoms with Crippen molar-refractivity contribution in [3.8, 4) is 0 Å². The van der Waals surface area contributed by atoms with Gasteiger partial charge in [0, 0.05) is 29.9 Å². The number of benzene rings is 3. The summed E-state index contributed by atoms with van der Waals surface area (Å²) in [5, 5.41) is 5.90. The van der Waals surface area contributed by atoms with Crippen molar-refractivity contribution in [2.24, 2.45) is 5.92 Å². The van der Waals surface area contributed by atoms with E-state index in [1.165, 1.54) is 0 Å². The summed E-state index contributed by atoms with van der Waals surface area (Å²) >= 11 is 0. The Morgan fingerprint density at radius 1 is 0.938 bits per heavy atom. The van der Waals surface area contributed by atoms with Crippen LogP contribution in [0.1, 0.15) is 35.3 Å². The molecule has 32 heavy (non-hydrogen) atoms. The molecule has 0 radical (unpaired) electrons. The largest absolute Gasteiger partial charge is 0.349 e. The summed E-state index contributed by atoms with van der Waals surface area (Å²) in [6.45, 7) is 2.26. The third-order valence-corrected chi connectivity index (χ3v) is 5.60. The van der Waals surface area contributed by atoms with Gasteiger partial charge in [-0.3, -0.25) is 14.4 Å². The minimum Gasteiger partial charge on any atom is -0.349 e. The van der Waals surface area contributed by atoms with Crippen LogP contribution in [0, 0.1) is 5.92 Å². The standard InChI is InChI=1S/C26H25N3O3/c1-18(20-11-8-12-22(15-20)28-25(31)19-9-4-2-5-10-19)27-26(32)21-16-24(30)29(17-21)23-13-6-3-7-14-23/h2-15,18,21H,16-17H2,1H3,(H,27,32)(H,28,31). The van der Waals surface area contributed by atoms with E-state index in [2.05, 4.69) is 10.6 Å². The first kappa shape index (κ1) is 21.3. The zero-order valence-corrected chi connectivity index (χ0v) is 17.8. The summed E-state index contributed by atoms with van der Waals surface area (Å²) in [7, 11) is 0. The van der Waals surface area contributed by atoms with E-state index in [1.807, 2.05) is 79.7 Å². The second kappa shape index (κ2) is 9.47. The quantitative estimate of drug-likeness (QED) is 0.620. The van der Waals surface area contributed by atoms with Crippen molar-refractivity contribution >= 4 is 29.1 Å². The van der Waals surface area contributed by atoms with Gasteiger partial charge in [-0.05, 0) is 48.9 Å². The topological polar surface area (TPSA) is 78.5 Å². The number of amides is 3. The van der Waals surface area contributed by atoms with Gasteiger partial charge in [0.15, 0.2) is 0 Å². The molecule has 2 atom stereocenters. The number of anilines is 2. The normalized spacial score (nSPS) is 16.5. The fourth-order valence-corrected chi connectivity index (χ4v) is 3.83. The third-order valence-electron chi connectivity index (χ3n) is 5.60. The van der Waals surface area contributed by atoms with Crippen LogP contribution in [-0.4, -0.2) is 24.3 Å². The Labute approximate surface area is 187 Å². The highest BCUT2D eigenvalue weighted by molar-refractivity contribution is 6.04. The van der Waals surface area contributed by atoms with E-state index in [0.29, 0.717) is 17.8 Å². The van der Waals surface area contributed by atoms with Gasteiger partial charge >= 0.3 is 0 Å². The van der Waals surface area contributed by atoms with Gasteiger partial charge in [0.2, 0.25) is 11.8 Å². The highest BCUT2D eigenvalue weighted by Gasteiger charge is 2.35. The molecule has 1 heterocycles. The van der Waals surface area contributed by atoms with Gasteiger partial charge in [-0.15, -0.1) is 0 Å². The van der Waals surface area contributed by atoms with Crippen molar-refractivity contribution in [1.29, 1.82) is 0 Å². The first-order valence-electron chi connectivity index (χ1n) is 10.6. The minimum absolute atomic E-state index is 0.0466. The van der Waals surface area contributed by atoms with Crippen molar-refractivity contribution in [2.45, 2.75) is 19.4 Å². The number of rotatable bonds is 6. The molecular formula is C26H25N3O3. The molecule has 0 aromatic heterocycles. The van der Waals surface area contributed by atoms with Gasteiger partial charge < -0.3 is 15.5 Å². The Bertz CT molecular complexity index is 1120. The fourth-order valence-electron chi connectivity index (χ4n) is 3.83. The molecule has 0 bridgehead atoms. The molecule has 2 N–H and O–H groups in total. The smallest absolute Gasteiger partial charge is 0.255 e. The third kappa shape index (κ3) is 4.86. The highest BCUT2D eigenvalue weighted by Crippen LogP contribution is 2.26. The number of nitrogens with zero attached hydrogens (tertiary/aromatic N) is 1. The molecule has 3 aromatic rings. The molecule has 1 fully saturated rings. The summed E-state index contributed by atoms with van der Waals surface area (Å²) in [6.07, 6.45) is 0.195. The first-order chi connectivity index (χ1) is 15.5. The van der Waals surface area contributed by atoms with Gasteiger partial charge in [-0.1, -0.05) is 48.5 Å². The maximum atomic E-state index is 12.8. The molecule has 2 unspecified atom stereocenters. The van der Waals surface area contributed by atoms with Crippen LogP contribution in [0.25, 0.3) is 0 Å². The van der Waals surface area contributed by atoms with Crippen LogP contribution >= 0.6 is 0 Å². The first-order valence-corrected chi connectivity index (χ1v) is 10.6. The summed E-state index contributed by atoms with van der Waals surface area (Å²) in [5.41, 5.74) is 2.91. The number of carbonyl (C=O) groups is 3. The molecule has 4 rings (SSSR count). The monoisotopic (exact) mass is 427 g/mol. The van der Waals surface area contributed by atoms with E-state index in [1.54, 1.807) is 17.0 Å². The minimum atomic E-state index is -0.397. The second-order valence-electron chi connectivity index (χ2n) is 7.92. The van der Waals surface area contributed by atoms with Gasteiger partial charge in [0.1, 0.15) is 0 Å². The van der Waals surface area contributed by atoms with E-state index in [9.17, 15) is 14.4 Å². The Hall–Kier alpha value is -3.93. The molecule has 6 heteroatoms. The van der Waals surface area contributed by atoms with Crippen LogP contribution in [0.3, 0.4) is 0 Å². The van der Waals surface area contributed by atoms with Gasteiger partial charge in [-0.25, -0.2) is 0 Å². The SMILES string of the molecule is CC(NC(=O)C1CC(=O)N(c2ccccc2)C1)c1cccc(NC(=O)c2ccccc2)c1. The Balaban J connectivity index is 1.38. The molecule has 1 aliphatic heterocycles. The van der Waals surface area contributed by atoms with Gasteiger partial charge in [0.25, 0.3) is 5.91 Å². The fraction of sp³-hybridized carbons (Fsp3) is 0.192. The number of hydrogen-bond donors (Lipinski definition) is 2. The van der Waals surface area contributed by atoms with Crippen LogP contribution in [0.5, 0.6) is 0 Å². The van der Waals surface area contributed by atoms with Crippen molar-refractivity contribution in [3.63, 3.8) is 0 Å². The molecule has 0 saturated carbocycles. The zero-order chi connectivity index (χ0) is 22.5. The number of carbonyl (C=O) groups excluding carboxylic acids is 3. The summed E-state index contributed by atoms with van der Waals surface area (Å²) in [4.78, 5) is 39.3. The van der Waals surface area contributed by atoms with Crippen molar-refractivity contribution in [2.75, 3.05) is 16.8 Å². The molecule has 6 nitrogen and oxygen atoms in total. The molecule has 3 aromatic carbocycles. The zero-order valence-electron chi connectivity index (χ0n) is 17.8. The number of nitrogens with one attached hydrogen (secondary N) is 2. The molecule has 1 aliphatic rings. The maximum Gasteiger partial charge on any atom is 0.255 e. The average Bonchev–Trinajstić information content (AvgIpc) is 3.22. The van der Waals surface area contributed by atoms with Crippen LogP contribution in [0.2, 0.25) is 0 Å². The van der Waals surface area contributed by atoms with Crippen molar-refractivity contribution in [3.05, 3.63) is 96.1 Å². The predicted molar refractivity (Wildman–Crippen MR) is 124 cm³/mol. The van der Waals surface area contributed by atoms with E-state index in [0.717, 1.165) is 11.3 Å². The van der Waals surface area contributed by atoms with Crippen LogP contribution in [0.15, 0.2) is 84.9 Å². The van der Waals surface area contributed by atoms with E-state index in [4.69, 9.17) is 0 Å². The Morgan fingerprint density at radius 3 is 2.34 bits per heavy atom. The Kier molecular flexibility index (Phi) is 6.31. The lowest BCUT2D eigenvalue weighted by molar-refractivity contribution is -0.126. The summed E-state index contributed by atoms with van der Waals surface area (Å²) in [5.74, 6) is -0.784. The van der Waals surface area contributed by atoms with Crippen LogP contribution in [0.4, 0.5) is 11.4 Å². The second-order valence-corrected chi connectivity index (χ2v) is 7.92. The van der Waals surface area contributed by atoms with Crippen molar-refractivity contribution < 1.29 is 14.4 Å². The maximum absolute atomic E-state index is 12.8.